The van der Waals surface area contributed by atoms with Crippen LogP contribution in [0.4, 0.5) is 4.39 Å². The second-order valence-electron chi connectivity index (χ2n) is 4.13. The minimum Gasteiger partial charge on any atom is -0.287 e. The first kappa shape index (κ1) is 12.4. The summed E-state index contributed by atoms with van der Waals surface area (Å²) in [6.45, 7) is 4.35. The fourth-order valence-electron chi connectivity index (χ4n) is 1.83. The smallest absolute Gasteiger partial charge is 0.212 e. The number of hydrogen-bond donors (Lipinski definition) is 0. The van der Waals surface area contributed by atoms with E-state index in [2.05, 4.69) is 10.3 Å². The zero-order valence-corrected chi connectivity index (χ0v) is 10.4. The third kappa shape index (κ3) is 2.30. The van der Waals surface area contributed by atoms with Crippen LogP contribution in [-0.4, -0.2) is 20.8 Å². The van der Waals surface area contributed by atoms with Crippen LogP contribution < -0.4 is 0 Å². The van der Waals surface area contributed by atoms with Gasteiger partial charge in [-0.3, -0.25) is 4.79 Å². The number of ketones is 1. The van der Waals surface area contributed by atoms with Crippen LogP contribution >= 0.6 is 0 Å². The molecule has 2 aromatic rings. The Balaban J connectivity index is 2.38. The van der Waals surface area contributed by atoms with Gasteiger partial charge in [-0.15, -0.1) is 5.10 Å². The standard InChI is InChI=1S/C13H14FN3O/c1-3-6-17-12(8-15-16-17)13(18)11-5-4-10(14)7-9(11)2/h4-5,7-8H,3,6H2,1-2H3. The van der Waals surface area contributed by atoms with Crippen molar-refractivity contribution in [3.05, 3.63) is 47.0 Å². The topological polar surface area (TPSA) is 47.8 Å². The van der Waals surface area contributed by atoms with Crippen LogP contribution in [0.1, 0.15) is 35.0 Å². The van der Waals surface area contributed by atoms with E-state index in [1.165, 1.54) is 24.4 Å². The van der Waals surface area contributed by atoms with Gasteiger partial charge >= 0.3 is 0 Å². The van der Waals surface area contributed by atoms with E-state index in [4.69, 9.17) is 0 Å². The fourth-order valence-corrected chi connectivity index (χ4v) is 1.83. The molecule has 2 rings (SSSR count). The van der Waals surface area contributed by atoms with Gasteiger partial charge in [-0.1, -0.05) is 12.1 Å². The molecule has 0 aliphatic rings. The largest absolute Gasteiger partial charge is 0.287 e. The molecule has 0 radical (unpaired) electrons. The molecule has 18 heavy (non-hydrogen) atoms. The van der Waals surface area contributed by atoms with E-state index in [1.54, 1.807) is 11.6 Å². The maximum Gasteiger partial charge on any atom is 0.212 e. The fraction of sp³-hybridized carbons (Fsp3) is 0.308. The number of halogens is 1. The van der Waals surface area contributed by atoms with E-state index in [0.29, 0.717) is 23.4 Å². The monoisotopic (exact) mass is 247 g/mol. The third-order valence-corrected chi connectivity index (χ3v) is 2.72. The van der Waals surface area contributed by atoms with Crippen LogP contribution in [0.2, 0.25) is 0 Å². The zero-order valence-electron chi connectivity index (χ0n) is 10.4. The van der Waals surface area contributed by atoms with Gasteiger partial charge in [0.1, 0.15) is 11.5 Å². The minimum atomic E-state index is -0.343. The molecule has 0 aliphatic carbocycles. The van der Waals surface area contributed by atoms with Crippen molar-refractivity contribution in [2.45, 2.75) is 26.8 Å². The van der Waals surface area contributed by atoms with Crippen molar-refractivity contribution in [1.82, 2.24) is 15.0 Å². The second kappa shape index (κ2) is 5.08. The van der Waals surface area contributed by atoms with Crippen molar-refractivity contribution in [3.8, 4) is 0 Å². The molecular weight excluding hydrogens is 233 g/mol. The molecule has 0 fully saturated rings. The van der Waals surface area contributed by atoms with Crippen LogP contribution in [0.25, 0.3) is 0 Å². The number of aryl methyl sites for hydroxylation is 2. The summed E-state index contributed by atoms with van der Waals surface area (Å²) in [7, 11) is 0. The van der Waals surface area contributed by atoms with Crippen LogP contribution in [0.3, 0.4) is 0 Å². The minimum absolute atomic E-state index is 0.175. The lowest BCUT2D eigenvalue weighted by molar-refractivity contribution is 0.102. The van der Waals surface area contributed by atoms with Crippen molar-refractivity contribution < 1.29 is 9.18 Å². The molecule has 0 spiro atoms. The van der Waals surface area contributed by atoms with Gasteiger partial charge < -0.3 is 0 Å². The van der Waals surface area contributed by atoms with Crippen LogP contribution in [0.15, 0.2) is 24.4 Å². The summed E-state index contributed by atoms with van der Waals surface area (Å²) in [5.74, 6) is -0.518. The lowest BCUT2D eigenvalue weighted by atomic mass is 10.0. The number of carbonyl (C=O) groups excluding carboxylic acids is 1. The molecule has 0 bridgehead atoms. The van der Waals surface area contributed by atoms with Gasteiger partial charge in [-0.2, -0.15) is 0 Å². The molecule has 0 aliphatic heterocycles. The van der Waals surface area contributed by atoms with E-state index >= 15 is 0 Å². The molecule has 0 unspecified atom stereocenters. The maximum atomic E-state index is 13.0. The molecule has 0 saturated carbocycles. The number of carbonyl (C=O) groups is 1. The Morgan fingerprint density at radius 1 is 1.44 bits per heavy atom. The van der Waals surface area contributed by atoms with Crippen molar-refractivity contribution in [1.29, 1.82) is 0 Å². The first-order chi connectivity index (χ1) is 8.63. The van der Waals surface area contributed by atoms with Gasteiger partial charge in [0, 0.05) is 12.1 Å². The number of rotatable bonds is 4. The summed E-state index contributed by atoms with van der Waals surface area (Å²) in [6, 6.07) is 4.13. The van der Waals surface area contributed by atoms with Gasteiger partial charge in [0.15, 0.2) is 0 Å². The second-order valence-corrected chi connectivity index (χ2v) is 4.13. The van der Waals surface area contributed by atoms with Crippen LogP contribution in [-0.2, 0) is 6.54 Å². The number of hydrogen-bond acceptors (Lipinski definition) is 3. The summed E-state index contributed by atoms with van der Waals surface area (Å²) in [4.78, 5) is 12.3. The van der Waals surface area contributed by atoms with Crippen LogP contribution in [0.5, 0.6) is 0 Å². The summed E-state index contributed by atoms with van der Waals surface area (Å²) < 4.78 is 14.6. The van der Waals surface area contributed by atoms with E-state index in [9.17, 15) is 9.18 Å². The highest BCUT2D eigenvalue weighted by molar-refractivity contribution is 6.08. The first-order valence-electron chi connectivity index (χ1n) is 5.82. The predicted octanol–water partition coefficient (Wildman–Crippen LogP) is 2.37. The summed E-state index contributed by atoms with van der Waals surface area (Å²) in [6.07, 6.45) is 2.31. The van der Waals surface area contributed by atoms with Gasteiger partial charge in [-0.25, -0.2) is 9.07 Å². The van der Waals surface area contributed by atoms with Gasteiger partial charge in [0.2, 0.25) is 5.78 Å². The zero-order chi connectivity index (χ0) is 13.1. The Kier molecular flexibility index (Phi) is 3.50. The van der Waals surface area contributed by atoms with E-state index < -0.39 is 0 Å². The molecule has 5 heteroatoms. The molecule has 0 atom stereocenters. The van der Waals surface area contributed by atoms with Gasteiger partial charge in [0.05, 0.1) is 6.20 Å². The Morgan fingerprint density at radius 2 is 2.22 bits per heavy atom. The van der Waals surface area contributed by atoms with Gasteiger partial charge in [-0.05, 0) is 37.1 Å². The lowest BCUT2D eigenvalue weighted by Gasteiger charge is -2.06. The molecule has 94 valence electrons. The third-order valence-electron chi connectivity index (χ3n) is 2.72. The number of benzene rings is 1. The van der Waals surface area contributed by atoms with Crippen LogP contribution in [0, 0.1) is 12.7 Å². The molecule has 0 N–H and O–H groups in total. The number of aromatic nitrogens is 3. The van der Waals surface area contributed by atoms with E-state index in [0.717, 1.165) is 6.42 Å². The molecule has 0 amide bonds. The van der Waals surface area contributed by atoms with Crippen molar-refractivity contribution >= 4 is 5.78 Å². The van der Waals surface area contributed by atoms with E-state index in [1.807, 2.05) is 6.92 Å². The Hall–Kier alpha value is -2.04. The average molecular weight is 247 g/mol. The molecule has 1 aromatic carbocycles. The quantitative estimate of drug-likeness (QED) is 0.779. The average Bonchev–Trinajstić information content (AvgIpc) is 2.77. The number of nitrogens with zero attached hydrogens (tertiary/aromatic N) is 3. The van der Waals surface area contributed by atoms with Crippen molar-refractivity contribution in [3.63, 3.8) is 0 Å². The van der Waals surface area contributed by atoms with Gasteiger partial charge in [0.25, 0.3) is 0 Å². The molecular formula is C13H14FN3O. The normalized spacial score (nSPS) is 10.6. The molecule has 1 aromatic heterocycles. The van der Waals surface area contributed by atoms with E-state index in [-0.39, 0.29) is 11.6 Å². The predicted molar refractivity (Wildman–Crippen MR) is 64.9 cm³/mol. The molecule has 4 nitrogen and oxygen atoms in total. The lowest BCUT2D eigenvalue weighted by Crippen LogP contribution is -2.12. The first-order valence-corrected chi connectivity index (χ1v) is 5.82. The summed E-state index contributed by atoms with van der Waals surface area (Å²) >= 11 is 0. The highest BCUT2D eigenvalue weighted by Crippen LogP contribution is 2.15. The Morgan fingerprint density at radius 3 is 2.89 bits per heavy atom. The molecule has 1 heterocycles. The maximum absolute atomic E-state index is 13.0. The van der Waals surface area contributed by atoms with Crippen molar-refractivity contribution in [2.75, 3.05) is 0 Å². The highest BCUT2D eigenvalue weighted by Gasteiger charge is 2.17. The molecule has 0 saturated heterocycles. The SMILES string of the molecule is CCCn1nncc1C(=O)c1ccc(F)cc1C. The summed E-state index contributed by atoms with van der Waals surface area (Å²) in [5.41, 5.74) is 1.53. The Labute approximate surface area is 104 Å². The highest BCUT2D eigenvalue weighted by atomic mass is 19.1. The van der Waals surface area contributed by atoms with Crippen molar-refractivity contribution in [2.24, 2.45) is 0 Å². The summed E-state index contributed by atoms with van der Waals surface area (Å²) in [5, 5.41) is 7.62. The Bertz CT molecular complexity index is 577.